The Morgan fingerprint density at radius 1 is 1.09 bits per heavy atom. The standard InChI is InChI=1S/C27H27N3O4/c1-3-4-14-34-22-8-7-21(15-18(22)2)25(31)23-24(20-9-12-28-13-10-20)30(27(33)26(23)32)17-19-6-5-11-29-16-19/h5-13,15-16,24,31H,3-4,14,17H2,1-2H3/b25-23+/t24-/m0/s1. The van der Waals surface area contributed by atoms with Crippen molar-refractivity contribution in [1.29, 1.82) is 0 Å². The minimum atomic E-state index is -0.746. The third-order valence-electron chi connectivity index (χ3n) is 5.84. The molecule has 4 rings (SSSR count). The van der Waals surface area contributed by atoms with Crippen molar-refractivity contribution >= 4 is 17.4 Å². The monoisotopic (exact) mass is 457 g/mol. The number of ether oxygens (including phenoxy) is 1. The summed E-state index contributed by atoms with van der Waals surface area (Å²) in [5, 5.41) is 11.3. The average Bonchev–Trinajstić information content (AvgIpc) is 3.11. The number of pyridine rings is 2. The van der Waals surface area contributed by atoms with Crippen molar-refractivity contribution in [2.45, 2.75) is 39.3 Å². The van der Waals surface area contributed by atoms with E-state index in [1.807, 2.05) is 13.0 Å². The summed E-state index contributed by atoms with van der Waals surface area (Å²) >= 11 is 0. The van der Waals surface area contributed by atoms with Gasteiger partial charge in [0.2, 0.25) is 0 Å². The molecule has 0 bridgehead atoms. The molecule has 1 saturated heterocycles. The third kappa shape index (κ3) is 4.69. The molecule has 3 heterocycles. The van der Waals surface area contributed by atoms with Crippen LogP contribution in [0.15, 0.2) is 72.8 Å². The Bertz CT molecular complexity index is 1210. The molecule has 1 aliphatic heterocycles. The molecule has 0 radical (unpaired) electrons. The molecule has 2 aromatic heterocycles. The number of aliphatic hydroxyl groups is 1. The van der Waals surface area contributed by atoms with Gasteiger partial charge in [0, 0.05) is 36.9 Å². The second kappa shape index (κ2) is 10.3. The Morgan fingerprint density at radius 2 is 1.88 bits per heavy atom. The summed E-state index contributed by atoms with van der Waals surface area (Å²) in [6, 6.07) is 11.6. The van der Waals surface area contributed by atoms with Gasteiger partial charge in [-0.15, -0.1) is 0 Å². The van der Waals surface area contributed by atoms with E-state index in [1.54, 1.807) is 61.2 Å². The summed E-state index contributed by atoms with van der Waals surface area (Å²) in [5.41, 5.74) is 2.83. The van der Waals surface area contributed by atoms with Crippen LogP contribution in [0.4, 0.5) is 0 Å². The maximum Gasteiger partial charge on any atom is 0.295 e. The van der Waals surface area contributed by atoms with E-state index in [9.17, 15) is 14.7 Å². The molecule has 0 saturated carbocycles. The Balaban J connectivity index is 1.76. The van der Waals surface area contributed by atoms with E-state index < -0.39 is 17.7 Å². The van der Waals surface area contributed by atoms with Crippen LogP contribution < -0.4 is 4.74 Å². The van der Waals surface area contributed by atoms with Gasteiger partial charge in [0.05, 0.1) is 18.2 Å². The van der Waals surface area contributed by atoms with Crippen molar-refractivity contribution < 1.29 is 19.4 Å². The van der Waals surface area contributed by atoms with Gasteiger partial charge in [0.25, 0.3) is 11.7 Å². The van der Waals surface area contributed by atoms with Gasteiger partial charge in [-0.05, 0) is 66.4 Å². The lowest BCUT2D eigenvalue weighted by Gasteiger charge is -2.25. The summed E-state index contributed by atoms with van der Waals surface area (Å²) in [6.45, 7) is 4.79. The topological polar surface area (TPSA) is 92.6 Å². The van der Waals surface area contributed by atoms with Gasteiger partial charge in [0.15, 0.2) is 0 Å². The molecule has 7 heteroatoms. The number of ketones is 1. The summed E-state index contributed by atoms with van der Waals surface area (Å²) in [7, 11) is 0. The van der Waals surface area contributed by atoms with Crippen molar-refractivity contribution in [3.8, 4) is 5.75 Å². The lowest BCUT2D eigenvalue weighted by molar-refractivity contribution is -0.140. The van der Waals surface area contributed by atoms with Gasteiger partial charge in [-0.25, -0.2) is 0 Å². The Morgan fingerprint density at radius 3 is 2.56 bits per heavy atom. The highest BCUT2D eigenvalue weighted by Crippen LogP contribution is 2.40. The summed E-state index contributed by atoms with van der Waals surface area (Å²) < 4.78 is 5.81. The van der Waals surface area contributed by atoms with Gasteiger partial charge in [-0.1, -0.05) is 19.4 Å². The second-order valence-electron chi connectivity index (χ2n) is 8.25. The van der Waals surface area contributed by atoms with E-state index in [2.05, 4.69) is 16.9 Å². The highest BCUT2D eigenvalue weighted by Gasteiger charge is 2.46. The van der Waals surface area contributed by atoms with Crippen LogP contribution in [0.25, 0.3) is 5.76 Å². The quantitative estimate of drug-likeness (QED) is 0.230. The first-order valence-corrected chi connectivity index (χ1v) is 11.3. The Hall–Kier alpha value is -4.00. The smallest absolute Gasteiger partial charge is 0.295 e. The van der Waals surface area contributed by atoms with Crippen LogP contribution in [0, 0.1) is 6.92 Å². The molecule has 1 fully saturated rings. The maximum atomic E-state index is 13.2. The summed E-state index contributed by atoms with van der Waals surface area (Å²) in [6.07, 6.45) is 8.50. The van der Waals surface area contributed by atoms with E-state index in [1.165, 1.54) is 4.90 Å². The molecular formula is C27H27N3O4. The molecule has 3 aromatic rings. The first-order chi connectivity index (χ1) is 16.5. The zero-order valence-electron chi connectivity index (χ0n) is 19.3. The molecule has 1 aromatic carbocycles. The Kier molecular flexibility index (Phi) is 7.01. The van der Waals surface area contributed by atoms with E-state index >= 15 is 0 Å². The molecule has 1 N–H and O–H groups in total. The zero-order chi connectivity index (χ0) is 24.1. The molecule has 1 aliphatic rings. The largest absolute Gasteiger partial charge is 0.507 e. The highest BCUT2D eigenvalue weighted by atomic mass is 16.5. The lowest BCUT2D eigenvalue weighted by Crippen LogP contribution is -2.29. The van der Waals surface area contributed by atoms with Crippen LogP contribution >= 0.6 is 0 Å². The van der Waals surface area contributed by atoms with Crippen LogP contribution in [0.1, 0.15) is 48.1 Å². The van der Waals surface area contributed by atoms with Crippen molar-refractivity contribution in [1.82, 2.24) is 14.9 Å². The summed E-state index contributed by atoms with van der Waals surface area (Å²) in [5.74, 6) is -0.864. The average molecular weight is 458 g/mol. The number of aryl methyl sites for hydroxylation is 1. The molecule has 7 nitrogen and oxygen atoms in total. The fourth-order valence-corrected chi connectivity index (χ4v) is 4.06. The van der Waals surface area contributed by atoms with Crippen LogP contribution in [0.5, 0.6) is 5.75 Å². The van der Waals surface area contributed by atoms with Gasteiger partial charge in [0.1, 0.15) is 11.5 Å². The van der Waals surface area contributed by atoms with Gasteiger partial charge in [-0.2, -0.15) is 0 Å². The van der Waals surface area contributed by atoms with Crippen molar-refractivity contribution in [3.63, 3.8) is 0 Å². The molecule has 0 aliphatic carbocycles. The fourth-order valence-electron chi connectivity index (χ4n) is 4.06. The Labute approximate surface area is 198 Å². The fraction of sp³-hybridized carbons (Fsp3) is 0.259. The number of likely N-dealkylation sites (tertiary alicyclic amines) is 1. The minimum Gasteiger partial charge on any atom is -0.507 e. The van der Waals surface area contributed by atoms with E-state index in [-0.39, 0.29) is 17.9 Å². The molecule has 34 heavy (non-hydrogen) atoms. The zero-order valence-corrected chi connectivity index (χ0v) is 19.3. The van der Waals surface area contributed by atoms with Crippen molar-refractivity contribution in [3.05, 3.63) is 95.1 Å². The molecular weight excluding hydrogens is 430 g/mol. The number of aliphatic hydroxyl groups excluding tert-OH is 1. The SMILES string of the molecule is CCCCOc1ccc(/C(O)=C2\C(=O)C(=O)N(Cc3cccnc3)[C@H]2c2ccncc2)cc1C. The lowest BCUT2D eigenvalue weighted by atomic mass is 9.95. The van der Waals surface area contributed by atoms with Gasteiger partial charge in [-0.3, -0.25) is 19.6 Å². The predicted octanol–water partition coefficient (Wildman–Crippen LogP) is 4.59. The highest BCUT2D eigenvalue weighted by molar-refractivity contribution is 6.46. The van der Waals surface area contributed by atoms with E-state index in [4.69, 9.17) is 4.74 Å². The maximum absolute atomic E-state index is 13.2. The van der Waals surface area contributed by atoms with Crippen molar-refractivity contribution in [2.75, 3.05) is 6.61 Å². The number of rotatable bonds is 8. The molecule has 0 spiro atoms. The van der Waals surface area contributed by atoms with E-state index in [0.29, 0.717) is 17.7 Å². The normalized spacial score (nSPS) is 17.2. The number of carbonyl (C=O) groups excluding carboxylic acids is 2. The molecule has 1 amide bonds. The summed E-state index contributed by atoms with van der Waals surface area (Å²) in [4.78, 5) is 35.9. The van der Waals surface area contributed by atoms with Gasteiger partial charge < -0.3 is 14.7 Å². The number of hydrogen-bond donors (Lipinski definition) is 1. The minimum absolute atomic E-state index is 0.0548. The number of nitrogens with zero attached hydrogens (tertiary/aromatic N) is 3. The molecule has 174 valence electrons. The number of benzene rings is 1. The number of Topliss-reactive ketones (excluding diaryl/α,β-unsaturated/α-hetero) is 1. The first kappa shape index (κ1) is 23.2. The first-order valence-electron chi connectivity index (χ1n) is 11.3. The predicted molar refractivity (Wildman–Crippen MR) is 128 cm³/mol. The number of amides is 1. The number of aromatic nitrogens is 2. The van der Waals surface area contributed by atoms with Crippen LogP contribution in [0.3, 0.4) is 0 Å². The second-order valence-corrected chi connectivity index (χ2v) is 8.25. The van der Waals surface area contributed by atoms with Crippen LogP contribution in [0.2, 0.25) is 0 Å². The molecule has 0 unspecified atom stereocenters. The van der Waals surface area contributed by atoms with Crippen LogP contribution in [-0.2, 0) is 16.1 Å². The third-order valence-corrected chi connectivity index (χ3v) is 5.84. The molecule has 1 atom stereocenters. The number of hydrogen-bond acceptors (Lipinski definition) is 6. The van der Waals surface area contributed by atoms with Gasteiger partial charge >= 0.3 is 0 Å². The number of unbranched alkanes of at least 4 members (excludes halogenated alkanes) is 1. The van der Waals surface area contributed by atoms with Crippen LogP contribution in [-0.4, -0.2) is 38.3 Å². The van der Waals surface area contributed by atoms with E-state index in [0.717, 1.165) is 29.7 Å². The number of carbonyl (C=O) groups is 2. The van der Waals surface area contributed by atoms with Crippen molar-refractivity contribution in [2.24, 2.45) is 0 Å².